The molecule has 1 atom stereocenters. The summed E-state index contributed by atoms with van der Waals surface area (Å²) in [5.41, 5.74) is 2.58. The van der Waals surface area contributed by atoms with Crippen molar-refractivity contribution >= 4 is 5.97 Å². The van der Waals surface area contributed by atoms with Gasteiger partial charge in [0.15, 0.2) is 11.5 Å². The number of nitrogens with zero attached hydrogens (tertiary/aromatic N) is 3. The summed E-state index contributed by atoms with van der Waals surface area (Å²) in [4.78, 5) is 13.9. The van der Waals surface area contributed by atoms with Crippen LogP contribution in [-0.2, 0) is 0 Å². The summed E-state index contributed by atoms with van der Waals surface area (Å²) < 4.78 is 32.6. The van der Waals surface area contributed by atoms with Crippen molar-refractivity contribution in [2.24, 2.45) is 0 Å². The van der Waals surface area contributed by atoms with Crippen molar-refractivity contribution in [1.82, 2.24) is 15.0 Å². The fraction of sp³-hybridized carbons (Fsp3) is 0.611. The normalized spacial score (nSPS) is 11.7. The number of carbonyl (C=O) groups is 1. The van der Waals surface area contributed by atoms with Crippen molar-refractivity contribution in [3.8, 4) is 45.7 Å². The third-order valence-electron chi connectivity index (χ3n) is 11.6. The Morgan fingerprint density at radius 2 is 1.02 bits per heavy atom. The van der Waals surface area contributed by atoms with Crippen LogP contribution in [0.1, 0.15) is 185 Å². The molecule has 65 heavy (non-hydrogen) atoms. The van der Waals surface area contributed by atoms with E-state index in [1.807, 2.05) is 30.5 Å². The second-order valence-corrected chi connectivity index (χ2v) is 17.4. The molecular weight excluding hydrogens is 819 g/mol. The first-order chi connectivity index (χ1) is 31.9. The summed E-state index contributed by atoms with van der Waals surface area (Å²) >= 11 is 0. The number of hydrogen-bond donors (Lipinski definition) is 2. The van der Waals surface area contributed by atoms with Crippen LogP contribution in [-0.4, -0.2) is 70.3 Å². The summed E-state index contributed by atoms with van der Waals surface area (Å²) in [6, 6.07) is 17.9. The van der Waals surface area contributed by atoms with E-state index < -0.39 is 12.1 Å². The van der Waals surface area contributed by atoms with Gasteiger partial charge >= 0.3 is 5.97 Å². The first kappa shape index (κ1) is 53.0. The second-order valence-electron chi connectivity index (χ2n) is 17.4. The molecule has 0 radical (unpaired) electrons. The quantitative estimate of drug-likeness (QED) is 0.0254. The molecule has 0 fully saturated rings. The van der Waals surface area contributed by atoms with E-state index in [2.05, 4.69) is 31.1 Å². The maximum atomic E-state index is 13.9. The number of rotatable bonds is 38. The molecule has 0 saturated carbocycles. The molecule has 0 aliphatic carbocycles. The van der Waals surface area contributed by atoms with Crippen LogP contribution in [0.5, 0.6) is 28.7 Å². The molecule has 11 heteroatoms. The average Bonchev–Trinajstić information content (AvgIpc) is 3.83. The molecule has 0 amide bonds. The minimum atomic E-state index is -0.937. The number of aliphatic hydroxyl groups is 2. The molecule has 3 aromatic carbocycles. The zero-order valence-corrected chi connectivity index (χ0v) is 40.1. The molecule has 0 saturated heterocycles. The van der Waals surface area contributed by atoms with Crippen molar-refractivity contribution in [3.63, 3.8) is 0 Å². The summed E-state index contributed by atoms with van der Waals surface area (Å²) in [5.74, 6) is 2.06. The maximum absolute atomic E-state index is 13.9. The van der Waals surface area contributed by atoms with Crippen LogP contribution in [0, 0.1) is 0 Å². The Labute approximate surface area is 390 Å². The smallest absolute Gasteiger partial charge is 0.343 e. The van der Waals surface area contributed by atoms with Crippen molar-refractivity contribution in [3.05, 3.63) is 72.4 Å². The lowest BCUT2D eigenvalue weighted by molar-refractivity contribution is 0.0536. The van der Waals surface area contributed by atoms with Crippen molar-refractivity contribution < 1.29 is 38.7 Å². The van der Waals surface area contributed by atoms with Crippen LogP contribution in [0.2, 0.25) is 0 Å². The van der Waals surface area contributed by atoms with Gasteiger partial charge in [0.2, 0.25) is 5.75 Å². The van der Waals surface area contributed by atoms with Gasteiger partial charge in [-0.25, -0.2) is 9.48 Å². The number of aliphatic hydroxyl groups excluding tert-OH is 2. The molecule has 1 aromatic heterocycles. The number of unbranched alkanes of at least 4 members (excludes halogenated alkanes) is 21. The topological polar surface area (TPSA) is 134 Å². The molecule has 4 aromatic rings. The fourth-order valence-corrected chi connectivity index (χ4v) is 7.62. The van der Waals surface area contributed by atoms with E-state index in [-0.39, 0.29) is 13.2 Å². The summed E-state index contributed by atoms with van der Waals surface area (Å²) in [6.07, 6.45) is 29.8. The van der Waals surface area contributed by atoms with Gasteiger partial charge in [-0.1, -0.05) is 161 Å². The number of hydrogen-bond acceptors (Lipinski definition) is 10. The highest BCUT2D eigenvalue weighted by Gasteiger charge is 2.21. The third-order valence-corrected chi connectivity index (χ3v) is 11.6. The number of carbonyl (C=O) groups excluding carboxylic acids is 1. The molecular formula is C54H81N3O8. The lowest BCUT2D eigenvalue weighted by atomic mass is 10.1. The maximum Gasteiger partial charge on any atom is 0.343 e. The molecule has 11 nitrogen and oxygen atoms in total. The Hall–Kier alpha value is -4.61. The molecule has 0 aliphatic heterocycles. The van der Waals surface area contributed by atoms with E-state index in [9.17, 15) is 9.90 Å². The Balaban J connectivity index is 1.45. The van der Waals surface area contributed by atoms with E-state index in [1.165, 1.54) is 116 Å². The first-order valence-corrected chi connectivity index (χ1v) is 25.3. The second kappa shape index (κ2) is 33.0. The monoisotopic (exact) mass is 900 g/mol. The van der Waals surface area contributed by atoms with E-state index in [0.29, 0.717) is 59.8 Å². The fourth-order valence-electron chi connectivity index (χ4n) is 7.62. The van der Waals surface area contributed by atoms with Crippen LogP contribution in [0.3, 0.4) is 0 Å². The highest BCUT2D eigenvalue weighted by Crippen LogP contribution is 2.40. The number of aromatic nitrogens is 3. The molecule has 4 rings (SSSR count). The van der Waals surface area contributed by atoms with Gasteiger partial charge in [0.05, 0.1) is 43.9 Å². The molecule has 0 spiro atoms. The summed E-state index contributed by atoms with van der Waals surface area (Å²) in [7, 11) is 0. The largest absolute Gasteiger partial charge is 0.491 e. The van der Waals surface area contributed by atoms with E-state index in [4.69, 9.17) is 28.8 Å². The Morgan fingerprint density at radius 3 is 1.49 bits per heavy atom. The van der Waals surface area contributed by atoms with Gasteiger partial charge in [0.1, 0.15) is 29.9 Å². The van der Waals surface area contributed by atoms with E-state index in [1.54, 1.807) is 41.1 Å². The summed E-state index contributed by atoms with van der Waals surface area (Å²) in [5, 5.41) is 27.2. The lowest BCUT2D eigenvalue weighted by Gasteiger charge is -2.19. The SMILES string of the molecule is CCCCCCCCCCOc1cc(C(=O)Oc2ccc(-n3cc(-c4ccc(OCC(O)CO)cc4)nn3)cc2)cc(OCCCCCCCCCC)c1OCCCCCCCCCC. The van der Waals surface area contributed by atoms with Crippen molar-refractivity contribution in [2.75, 3.05) is 33.0 Å². The third kappa shape index (κ3) is 21.1. The highest BCUT2D eigenvalue weighted by atomic mass is 16.5. The summed E-state index contributed by atoms with van der Waals surface area (Å²) in [6.45, 7) is 8.00. The number of esters is 1. The predicted octanol–water partition coefficient (Wildman–Crippen LogP) is 13.4. The van der Waals surface area contributed by atoms with Gasteiger partial charge in [-0.05, 0) is 79.9 Å². The molecule has 0 aliphatic rings. The standard InChI is InChI=1S/C54H81N3O8/c1-4-7-10-13-16-19-22-25-36-61-51-39-45(40-52(62-37-26-23-20-17-14-11-8-5-2)53(51)63-38-27-24-21-18-15-12-9-6-3)54(60)65-49-34-30-46(31-35-49)57-41-50(55-56-57)44-28-32-48(33-29-44)64-43-47(59)42-58/h28-35,39-41,47,58-59H,4-27,36-38,42-43H2,1-3H3. The van der Waals surface area contributed by atoms with Gasteiger partial charge in [-0.15, -0.1) is 5.10 Å². The van der Waals surface area contributed by atoms with Crippen molar-refractivity contribution in [2.45, 2.75) is 181 Å². The van der Waals surface area contributed by atoms with Gasteiger partial charge in [0.25, 0.3) is 0 Å². The van der Waals surface area contributed by atoms with Crippen molar-refractivity contribution in [1.29, 1.82) is 0 Å². The molecule has 360 valence electrons. The predicted molar refractivity (Wildman–Crippen MR) is 261 cm³/mol. The zero-order chi connectivity index (χ0) is 46.2. The highest BCUT2D eigenvalue weighted by molar-refractivity contribution is 5.92. The van der Waals surface area contributed by atoms with Gasteiger partial charge in [-0.2, -0.15) is 0 Å². The van der Waals surface area contributed by atoms with Crippen LogP contribution in [0.15, 0.2) is 66.9 Å². The minimum absolute atomic E-state index is 0.00171. The van der Waals surface area contributed by atoms with Crippen LogP contribution in [0.4, 0.5) is 0 Å². The Kier molecular flexibility index (Phi) is 26.9. The van der Waals surface area contributed by atoms with Crippen LogP contribution >= 0.6 is 0 Å². The van der Waals surface area contributed by atoms with E-state index in [0.717, 1.165) is 49.8 Å². The molecule has 0 bridgehead atoms. The van der Waals surface area contributed by atoms with Gasteiger partial charge in [0, 0.05) is 5.56 Å². The number of ether oxygens (including phenoxy) is 5. The molecule has 1 unspecified atom stereocenters. The minimum Gasteiger partial charge on any atom is -0.491 e. The zero-order valence-electron chi connectivity index (χ0n) is 40.1. The first-order valence-electron chi connectivity index (χ1n) is 25.3. The van der Waals surface area contributed by atoms with E-state index >= 15 is 0 Å². The van der Waals surface area contributed by atoms with Crippen LogP contribution in [0.25, 0.3) is 16.9 Å². The molecule has 1 heterocycles. The lowest BCUT2D eigenvalue weighted by Crippen LogP contribution is -2.21. The van der Waals surface area contributed by atoms with Gasteiger partial charge < -0.3 is 33.9 Å². The number of benzene rings is 3. The average molecular weight is 900 g/mol. The Morgan fingerprint density at radius 1 is 0.569 bits per heavy atom. The molecule has 2 N–H and O–H groups in total. The van der Waals surface area contributed by atoms with Crippen LogP contribution < -0.4 is 23.7 Å². The Bertz CT molecular complexity index is 1790. The van der Waals surface area contributed by atoms with Gasteiger partial charge in [-0.3, -0.25) is 0 Å².